The van der Waals surface area contributed by atoms with Gasteiger partial charge >= 0.3 is 0 Å². The fraction of sp³-hybridized carbons (Fsp3) is 0.600. The fourth-order valence-corrected chi connectivity index (χ4v) is 3.58. The van der Waals surface area contributed by atoms with E-state index in [1.807, 2.05) is 50.2 Å². The number of carbonyl (C=O) groups is 2. The molecule has 0 bridgehead atoms. The Morgan fingerprint density at radius 1 is 1.38 bits per heavy atom. The first-order chi connectivity index (χ1) is 12.5. The van der Waals surface area contributed by atoms with Gasteiger partial charge in [0.25, 0.3) is 0 Å². The Morgan fingerprint density at radius 2 is 2.15 bits per heavy atom. The number of hydrogen-bond acceptors (Lipinski definition) is 4. The van der Waals surface area contributed by atoms with Crippen molar-refractivity contribution in [3.05, 3.63) is 29.8 Å². The van der Waals surface area contributed by atoms with Crippen molar-refractivity contribution in [1.29, 1.82) is 0 Å². The first-order valence-electron chi connectivity index (χ1n) is 9.33. The van der Waals surface area contributed by atoms with Gasteiger partial charge in [-0.1, -0.05) is 12.1 Å². The standard InChI is InChI=1S/C20H31N3O3/c1-5-23-18(24)11-10-17(20(25)21-12-7-13-22(2)3)19(23)15-8-6-9-16(14-15)26-4/h6,8-9,14,17,19H,5,7,10-13H2,1-4H3,(H,21,25)/t17-,19+/m1/s1. The lowest BCUT2D eigenvalue weighted by molar-refractivity contribution is -0.143. The summed E-state index contributed by atoms with van der Waals surface area (Å²) in [6.45, 7) is 4.13. The molecule has 2 amide bonds. The number of rotatable bonds is 8. The number of methoxy groups -OCH3 is 1. The zero-order valence-corrected chi connectivity index (χ0v) is 16.3. The van der Waals surface area contributed by atoms with Gasteiger partial charge in [-0.3, -0.25) is 9.59 Å². The van der Waals surface area contributed by atoms with Gasteiger partial charge in [0.2, 0.25) is 11.8 Å². The van der Waals surface area contributed by atoms with E-state index < -0.39 is 0 Å². The average molecular weight is 361 g/mol. The molecule has 1 aromatic rings. The monoisotopic (exact) mass is 361 g/mol. The summed E-state index contributed by atoms with van der Waals surface area (Å²) in [5.74, 6) is 0.639. The van der Waals surface area contributed by atoms with E-state index >= 15 is 0 Å². The van der Waals surface area contributed by atoms with Crippen molar-refractivity contribution < 1.29 is 14.3 Å². The Kier molecular flexibility index (Phi) is 7.45. The number of nitrogens with one attached hydrogen (secondary N) is 1. The number of carbonyl (C=O) groups excluding carboxylic acids is 2. The molecule has 1 heterocycles. The average Bonchev–Trinajstić information content (AvgIpc) is 2.64. The SMILES string of the molecule is CCN1C(=O)CC[C@@H](C(=O)NCCCN(C)C)[C@@H]1c1cccc(OC)c1. The second kappa shape index (κ2) is 9.57. The molecule has 0 radical (unpaired) electrons. The Morgan fingerprint density at radius 3 is 2.81 bits per heavy atom. The second-order valence-electron chi connectivity index (χ2n) is 6.99. The van der Waals surface area contributed by atoms with Crippen LogP contribution in [0.3, 0.4) is 0 Å². The maximum absolute atomic E-state index is 12.9. The molecular formula is C20H31N3O3. The van der Waals surface area contributed by atoms with Gasteiger partial charge in [-0.25, -0.2) is 0 Å². The van der Waals surface area contributed by atoms with E-state index in [0.717, 1.165) is 24.3 Å². The highest BCUT2D eigenvalue weighted by Gasteiger charge is 2.39. The number of ether oxygens (including phenoxy) is 1. The number of nitrogens with zero attached hydrogens (tertiary/aromatic N) is 2. The molecule has 0 aliphatic carbocycles. The maximum Gasteiger partial charge on any atom is 0.225 e. The molecule has 6 nitrogen and oxygen atoms in total. The smallest absolute Gasteiger partial charge is 0.225 e. The molecule has 1 N–H and O–H groups in total. The number of amides is 2. The molecule has 1 fully saturated rings. The second-order valence-corrected chi connectivity index (χ2v) is 6.99. The van der Waals surface area contributed by atoms with Crippen LogP contribution in [-0.2, 0) is 9.59 Å². The van der Waals surface area contributed by atoms with Crippen molar-refractivity contribution in [2.24, 2.45) is 5.92 Å². The molecule has 2 rings (SSSR count). The highest BCUT2D eigenvalue weighted by Crippen LogP contribution is 2.37. The summed E-state index contributed by atoms with van der Waals surface area (Å²) in [6.07, 6.45) is 1.91. The van der Waals surface area contributed by atoms with Crippen LogP contribution in [-0.4, -0.2) is 62.5 Å². The van der Waals surface area contributed by atoms with Crippen LogP contribution in [0.4, 0.5) is 0 Å². The number of hydrogen-bond donors (Lipinski definition) is 1. The molecule has 0 saturated carbocycles. The molecule has 0 unspecified atom stereocenters. The molecule has 6 heteroatoms. The molecule has 1 aliphatic rings. The summed E-state index contributed by atoms with van der Waals surface area (Å²) in [5, 5.41) is 3.06. The van der Waals surface area contributed by atoms with Gasteiger partial charge in [0.1, 0.15) is 5.75 Å². The summed E-state index contributed by atoms with van der Waals surface area (Å²) < 4.78 is 5.33. The van der Waals surface area contributed by atoms with E-state index in [1.54, 1.807) is 7.11 Å². The Hall–Kier alpha value is -2.08. The molecule has 0 spiro atoms. The number of piperidine rings is 1. The predicted octanol–water partition coefficient (Wildman–Crippen LogP) is 2.06. The molecule has 1 aliphatic heterocycles. The largest absolute Gasteiger partial charge is 0.497 e. The van der Waals surface area contributed by atoms with Gasteiger partial charge < -0.3 is 19.9 Å². The lowest BCUT2D eigenvalue weighted by atomic mass is 9.83. The third-order valence-corrected chi connectivity index (χ3v) is 4.90. The highest BCUT2D eigenvalue weighted by atomic mass is 16.5. The van der Waals surface area contributed by atoms with Crippen molar-refractivity contribution in [3.63, 3.8) is 0 Å². The van der Waals surface area contributed by atoms with E-state index in [-0.39, 0.29) is 23.8 Å². The van der Waals surface area contributed by atoms with Crippen molar-refractivity contribution in [2.75, 3.05) is 40.8 Å². The molecule has 2 atom stereocenters. The third kappa shape index (κ3) is 4.97. The van der Waals surface area contributed by atoms with E-state index in [4.69, 9.17) is 4.74 Å². The molecule has 1 saturated heterocycles. The minimum absolute atomic E-state index is 0.0301. The van der Waals surface area contributed by atoms with Gasteiger partial charge in [-0.15, -0.1) is 0 Å². The minimum atomic E-state index is -0.245. The van der Waals surface area contributed by atoms with Crippen LogP contribution >= 0.6 is 0 Å². The first kappa shape index (κ1) is 20.2. The van der Waals surface area contributed by atoms with Gasteiger partial charge in [0.05, 0.1) is 19.1 Å². The first-order valence-corrected chi connectivity index (χ1v) is 9.33. The maximum atomic E-state index is 12.9. The van der Waals surface area contributed by atoms with Gasteiger partial charge in [0.15, 0.2) is 0 Å². The fourth-order valence-electron chi connectivity index (χ4n) is 3.58. The van der Waals surface area contributed by atoms with Crippen LogP contribution in [0.5, 0.6) is 5.75 Å². The molecule has 0 aromatic heterocycles. The van der Waals surface area contributed by atoms with E-state index in [1.165, 1.54) is 0 Å². The Balaban J connectivity index is 2.18. The Bertz CT molecular complexity index is 618. The lowest BCUT2D eigenvalue weighted by Gasteiger charge is -2.40. The highest BCUT2D eigenvalue weighted by molar-refractivity contribution is 5.85. The quantitative estimate of drug-likeness (QED) is 0.720. The summed E-state index contributed by atoms with van der Waals surface area (Å²) in [6, 6.07) is 7.44. The third-order valence-electron chi connectivity index (χ3n) is 4.90. The van der Waals surface area contributed by atoms with E-state index in [0.29, 0.717) is 25.9 Å². The number of likely N-dealkylation sites (tertiary alicyclic amines) is 1. The van der Waals surface area contributed by atoms with Crippen LogP contribution in [0.1, 0.15) is 37.8 Å². The zero-order valence-electron chi connectivity index (χ0n) is 16.3. The van der Waals surface area contributed by atoms with Gasteiger partial charge in [-0.2, -0.15) is 0 Å². The van der Waals surface area contributed by atoms with Crippen molar-refractivity contribution >= 4 is 11.8 Å². The topological polar surface area (TPSA) is 61.9 Å². The van der Waals surface area contributed by atoms with Crippen LogP contribution in [0.2, 0.25) is 0 Å². The van der Waals surface area contributed by atoms with Crippen molar-refractivity contribution in [1.82, 2.24) is 15.1 Å². The molecular weight excluding hydrogens is 330 g/mol. The van der Waals surface area contributed by atoms with Crippen molar-refractivity contribution in [2.45, 2.75) is 32.2 Å². The lowest BCUT2D eigenvalue weighted by Crippen LogP contribution is -2.48. The van der Waals surface area contributed by atoms with E-state index in [9.17, 15) is 9.59 Å². The number of benzene rings is 1. The molecule has 26 heavy (non-hydrogen) atoms. The normalized spacial score (nSPS) is 20.3. The summed E-state index contributed by atoms with van der Waals surface area (Å²) in [5.41, 5.74) is 0.952. The van der Waals surface area contributed by atoms with Crippen LogP contribution < -0.4 is 10.1 Å². The summed E-state index contributed by atoms with van der Waals surface area (Å²) >= 11 is 0. The zero-order chi connectivity index (χ0) is 19.1. The van der Waals surface area contributed by atoms with Crippen LogP contribution in [0.15, 0.2) is 24.3 Å². The summed E-state index contributed by atoms with van der Waals surface area (Å²) in [7, 11) is 5.66. The minimum Gasteiger partial charge on any atom is -0.497 e. The molecule has 1 aromatic carbocycles. The van der Waals surface area contributed by atoms with Gasteiger partial charge in [-0.05, 0) is 58.1 Å². The van der Waals surface area contributed by atoms with E-state index in [2.05, 4.69) is 10.2 Å². The van der Waals surface area contributed by atoms with Crippen LogP contribution in [0.25, 0.3) is 0 Å². The van der Waals surface area contributed by atoms with Gasteiger partial charge in [0, 0.05) is 19.5 Å². The molecule has 144 valence electrons. The summed E-state index contributed by atoms with van der Waals surface area (Å²) in [4.78, 5) is 29.2. The Labute approximate surface area is 156 Å². The van der Waals surface area contributed by atoms with Crippen LogP contribution in [0, 0.1) is 5.92 Å². The van der Waals surface area contributed by atoms with Crippen molar-refractivity contribution in [3.8, 4) is 5.75 Å². The predicted molar refractivity (Wildman–Crippen MR) is 102 cm³/mol.